The highest BCUT2D eigenvalue weighted by Gasteiger charge is 2.19. The lowest BCUT2D eigenvalue weighted by Crippen LogP contribution is -1.92. The Labute approximate surface area is 198 Å². The first-order chi connectivity index (χ1) is 16.3. The highest BCUT2D eigenvalue weighted by atomic mass is 79.9. The Bertz CT molecular complexity index is 1810. The molecule has 0 spiro atoms. The summed E-state index contributed by atoms with van der Waals surface area (Å²) < 4.78 is 10.1. The van der Waals surface area contributed by atoms with Gasteiger partial charge in [0.15, 0.2) is 0 Å². The lowest BCUT2D eigenvalue weighted by molar-refractivity contribution is 0.674. The van der Waals surface area contributed by atoms with Gasteiger partial charge in [0, 0.05) is 31.9 Å². The second-order valence-corrected chi connectivity index (χ2v) is 9.23. The molecule has 0 saturated heterocycles. The molecular formula is C30H18BrNO. The van der Waals surface area contributed by atoms with Crippen molar-refractivity contribution in [1.82, 2.24) is 4.57 Å². The van der Waals surface area contributed by atoms with Crippen LogP contribution in [0.15, 0.2) is 118 Å². The van der Waals surface area contributed by atoms with Crippen LogP contribution < -0.4 is 0 Å². The van der Waals surface area contributed by atoms with Gasteiger partial charge < -0.3 is 8.98 Å². The monoisotopic (exact) mass is 487 g/mol. The number of fused-ring (bicyclic) bond motifs is 7. The zero-order valence-corrected chi connectivity index (χ0v) is 19.2. The third-order valence-corrected chi connectivity index (χ3v) is 7.00. The zero-order valence-electron chi connectivity index (χ0n) is 17.6. The first kappa shape index (κ1) is 18.7. The van der Waals surface area contributed by atoms with Gasteiger partial charge in [-0.2, -0.15) is 0 Å². The maximum Gasteiger partial charge on any atom is 0.145 e. The van der Waals surface area contributed by atoms with Crippen LogP contribution >= 0.6 is 15.9 Å². The standard InChI is InChI=1S/C30H18BrNO/c31-20-15-13-19(14-16-20)22-10-6-11-23-24-17-18-27-28(30(24)33-29(22)23)25-9-4-5-12-26(25)32(27)21-7-2-1-3-8-21/h1-18H. The van der Waals surface area contributed by atoms with Gasteiger partial charge in [0.05, 0.1) is 16.4 Å². The van der Waals surface area contributed by atoms with Crippen molar-refractivity contribution in [2.75, 3.05) is 0 Å². The third-order valence-electron chi connectivity index (χ3n) is 6.47. The third kappa shape index (κ3) is 2.73. The van der Waals surface area contributed by atoms with Crippen LogP contribution in [-0.4, -0.2) is 4.57 Å². The molecule has 3 heteroatoms. The maximum absolute atomic E-state index is 6.71. The van der Waals surface area contributed by atoms with Gasteiger partial charge in [0.1, 0.15) is 11.2 Å². The summed E-state index contributed by atoms with van der Waals surface area (Å²) in [5.74, 6) is 0. The Morgan fingerprint density at radius 2 is 1.27 bits per heavy atom. The van der Waals surface area contributed by atoms with Crippen molar-refractivity contribution in [2.45, 2.75) is 0 Å². The molecule has 33 heavy (non-hydrogen) atoms. The van der Waals surface area contributed by atoms with E-state index in [0.717, 1.165) is 54.1 Å². The molecule has 0 amide bonds. The molecule has 0 aliphatic heterocycles. The second-order valence-electron chi connectivity index (χ2n) is 8.32. The molecule has 0 unspecified atom stereocenters. The van der Waals surface area contributed by atoms with E-state index in [1.165, 1.54) is 10.9 Å². The van der Waals surface area contributed by atoms with E-state index in [1.54, 1.807) is 0 Å². The van der Waals surface area contributed by atoms with Crippen molar-refractivity contribution in [2.24, 2.45) is 0 Å². The minimum absolute atomic E-state index is 0.930. The average molecular weight is 488 g/mol. The summed E-state index contributed by atoms with van der Waals surface area (Å²) in [6, 6.07) is 38.4. The Balaban J connectivity index is 1.63. The molecule has 0 saturated carbocycles. The lowest BCUT2D eigenvalue weighted by atomic mass is 10.0. The molecule has 0 N–H and O–H groups in total. The van der Waals surface area contributed by atoms with E-state index in [-0.39, 0.29) is 0 Å². The smallest absolute Gasteiger partial charge is 0.145 e. The molecule has 2 nitrogen and oxygen atoms in total. The molecule has 0 aliphatic carbocycles. The predicted octanol–water partition coefficient (Wildman–Crippen LogP) is 9.11. The molecule has 0 atom stereocenters. The van der Waals surface area contributed by atoms with Gasteiger partial charge in [0.25, 0.3) is 0 Å². The van der Waals surface area contributed by atoms with Crippen LogP contribution in [0.4, 0.5) is 0 Å². The van der Waals surface area contributed by atoms with Crippen LogP contribution in [0.1, 0.15) is 0 Å². The molecule has 156 valence electrons. The summed E-state index contributed by atoms with van der Waals surface area (Å²) >= 11 is 3.54. The van der Waals surface area contributed by atoms with Crippen molar-refractivity contribution >= 4 is 59.7 Å². The summed E-state index contributed by atoms with van der Waals surface area (Å²) in [5.41, 5.74) is 7.60. The van der Waals surface area contributed by atoms with Crippen LogP contribution in [0, 0.1) is 0 Å². The van der Waals surface area contributed by atoms with E-state index >= 15 is 0 Å². The Hall–Kier alpha value is -3.82. The van der Waals surface area contributed by atoms with Gasteiger partial charge in [-0.15, -0.1) is 0 Å². The Morgan fingerprint density at radius 3 is 2.12 bits per heavy atom. The first-order valence-corrected chi connectivity index (χ1v) is 11.8. The zero-order chi connectivity index (χ0) is 21.9. The summed E-state index contributed by atoms with van der Waals surface area (Å²) in [6.45, 7) is 0. The molecule has 7 rings (SSSR count). The summed E-state index contributed by atoms with van der Waals surface area (Å²) in [7, 11) is 0. The molecule has 2 heterocycles. The highest BCUT2D eigenvalue weighted by Crippen LogP contribution is 2.42. The van der Waals surface area contributed by atoms with Crippen LogP contribution in [0.5, 0.6) is 0 Å². The van der Waals surface area contributed by atoms with Gasteiger partial charge in [-0.25, -0.2) is 0 Å². The number of halogens is 1. The highest BCUT2D eigenvalue weighted by molar-refractivity contribution is 9.10. The van der Waals surface area contributed by atoms with Gasteiger partial charge >= 0.3 is 0 Å². The van der Waals surface area contributed by atoms with Crippen molar-refractivity contribution < 1.29 is 4.42 Å². The van der Waals surface area contributed by atoms with E-state index < -0.39 is 0 Å². The number of nitrogens with zero attached hydrogens (tertiary/aromatic N) is 1. The number of rotatable bonds is 2. The van der Waals surface area contributed by atoms with Gasteiger partial charge in [-0.1, -0.05) is 82.7 Å². The van der Waals surface area contributed by atoms with Crippen LogP contribution in [0.25, 0.3) is 60.6 Å². The van der Waals surface area contributed by atoms with Crippen molar-refractivity contribution in [1.29, 1.82) is 0 Å². The topological polar surface area (TPSA) is 18.1 Å². The fourth-order valence-electron chi connectivity index (χ4n) is 5.02. The van der Waals surface area contributed by atoms with E-state index in [9.17, 15) is 0 Å². The van der Waals surface area contributed by atoms with Gasteiger partial charge in [0.2, 0.25) is 0 Å². The number of hydrogen-bond donors (Lipinski definition) is 0. The molecule has 0 aliphatic rings. The van der Waals surface area contributed by atoms with Crippen LogP contribution in [0.3, 0.4) is 0 Å². The molecule has 7 aromatic rings. The summed E-state index contributed by atoms with van der Waals surface area (Å²) in [6.07, 6.45) is 0. The van der Waals surface area contributed by atoms with E-state index in [4.69, 9.17) is 4.42 Å². The van der Waals surface area contributed by atoms with Crippen molar-refractivity contribution in [3.05, 3.63) is 114 Å². The van der Waals surface area contributed by atoms with Gasteiger partial charge in [-0.3, -0.25) is 0 Å². The summed E-state index contributed by atoms with van der Waals surface area (Å²) in [5, 5.41) is 4.65. The normalized spacial score (nSPS) is 11.8. The number of aromatic nitrogens is 1. The van der Waals surface area contributed by atoms with Crippen LogP contribution in [0.2, 0.25) is 0 Å². The first-order valence-electron chi connectivity index (χ1n) is 11.0. The fraction of sp³-hybridized carbons (Fsp3) is 0. The van der Waals surface area contributed by atoms with Crippen LogP contribution in [-0.2, 0) is 0 Å². The van der Waals surface area contributed by atoms with E-state index in [1.807, 2.05) is 0 Å². The van der Waals surface area contributed by atoms with E-state index in [0.29, 0.717) is 0 Å². The van der Waals surface area contributed by atoms with Crippen molar-refractivity contribution in [3.8, 4) is 16.8 Å². The fourth-order valence-corrected chi connectivity index (χ4v) is 5.28. The SMILES string of the molecule is Brc1ccc(-c2cccc3c2oc2c3ccc3c2c2ccccc2n3-c2ccccc2)cc1. The number of para-hydroxylation sites is 3. The maximum atomic E-state index is 6.71. The number of benzene rings is 5. The minimum atomic E-state index is 0.930. The Morgan fingerprint density at radius 1 is 0.545 bits per heavy atom. The Kier molecular flexibility index (Phi) is 4.02. The summed E-state index contributed by atoms with van der Waals surface area (Å²) in [4.78, 5) is 0. The predicted molar refractivity (Wildman–Crippen MR) is 141 cm³/mol. The second kappa shape index (κ2) is 7.09. The molecule has 0 radical (unpaired) electrons. The molecular weight excluding hydrogens is 470 g/mol. The molecule has 5 aromatic carbocycles. The lowest BCUT2D eigenvalue weighted by Gasteiger charge is -2.07. The molecule has 0 bridgehead atoms. The van der Waals surface area contributed by atoms with Gasteiger partial charge in [-0.05, 0) is 48.0 Å². The van der Waals surface area contributed by atoms with Crippen molar-refractivity contribution in [3.63, 3.8) is 0 Å². The average Bonchev–Trinajstić information content (AvgIpc) is 3.41. The minimum Gasteiger partial charge on any atom is -0.455 e. The molecule has 2 aromatic heterocycles. The molecule has 0 fully saturated rings. The quantitative estimate of drug-likeness (QED) is 0.237. The number of furan rings is 1. The van der Waals surface area contributed by atoms with E-state index in [2.05, 4.69) is 130 Å². The number of hydrogen-bond acceptors (Lipinski definition) is 1. The largest absolute Gasteiger partial charge is 0.455 e.